The molecule has 2 rings (SSSR count). The van der Waals surface area contributed by atoms with Gasteiger partial charge >= 0.3 is 0 Å². The van der Waals surface area contributed by atoms with Gasteiger partial charge < -0.3 is 5.32 Å². The highest BCUT2D eigenvalue weighted by atomic mass is 35.5. The lowest BCUT2D eigenvalue weighted by Crippen LogP contribution is -2.45. The Balaban J connectivity index is 2.06. The Morgan fingerprint density at radius 3 is 2.84 bits per heavy atom. The average molecular weight is 283 g/mol. The van der Waals surface area contributed by atoms with Crippen LogP contribution >= 0.6 is 11.6 Å². The van der Waals surface area contributed by atoms with Crippen molar-refractivity contribution in [2.24, 2.45) is 0 Å². The van der Waals surface area contributed by atoms with Crippen LogP contribution in [0.1, 0.15) is 36.5 Å². The van der Waals surface area contributed by atoms with E-state index in [-0.39, 0.29) is 5.91 Å². The van der Waals surface area contributed by atoms with Crippen molar-refractivity contribution in [3.8, 4) is 0 Å². The van der Waals surface area contributed by atoms with Crippen molar-refractivity contribution >= 4 is 23.3 Å². The first-order valence-corrected chi connectivity index (χ1v) is 7.04. The summed E-state index contributed by atoms with van der Waals surface area (Å²) >= 11 is 6.04. The molecule has 1 amide bonds. The summed E-state index contributed by atoms with van der Waals surface area (Å²) in [5.41, 5.74) is 3.36. The third-order valence-electron chi connectivity index (χ3n) is 3.07. The van der Waals surface area contributed by atoms with E-state index < -0.39 is 0 Å². The van der Waals surface area contributed by atoms with Crippen molar-refractivity contribution in [1.29, 1.82) is 0 Å². The Hall–Kier alpha value is -1.33. The van der Waals surface area contributed by atoms with E-state index in [4.69, 9.17) is 11.6 Å². The van der Waals surface area contributed by atoms with Crippen LogP contribution in [0.3, 0.4) is 0 Å². The minimum absolute atomic E-state index is 0.173. The van der Waals surface area contributed by atoms with Crippen molar-refractivity contribution < 1.29 is 4.79 Å². The molecule has 0 radical (unpaired) electrons. The Morgan fingerprint density at radius 2 is 2.16 bits per heavy atom. The van der Waals surface area contributed by atoms with E-state index in [0.29, 0.717) is 16.4 Å². The van der Waals surface area contributed by atoms with Gasteiger partial charge in [0.05, 0.1) is 10.6 Å². The van der Waals surface area contributed by atoms with E-state index in [9.17, 15) is 4.79 Å². The van der Waals surface area contributed by atoms with E-state index in [1.807, 2.05) is 11.9 Å². The molecule has 1 aliphatic rings. The van der Waals surface area contributed by atoms with Crippen molar-refractivity contribution in [2.45, 2.75) is 26.2 Å². The van der Waals surface area contributed by atoms with Gasteiger partial charge in [-0.25, -0.2) is 9.99 Å². The number of hydrogen-bond donors (Lipinski definition) is 2. The maximum Gasteiger partial charge on any atom is 0.267 e. The van der Waals surface area contributed by atoms with Crippen molar-refractivity contribution in [3.05, 3.63) is 22.8 Å². The second-order valence-corrected chi connectivity index (χ2v) is 4.98. The van der Waals surface area contributed by atoms with E-state index in [2.05, 4.69) is 15.7 Å². The van der Waals surface area contributed by atoms with Crippen LogP contribution in [-0.2, 0) is 0 Å². The zero-order valence-corrected chi connectivity index (χ0v) is 11.8. The molecule has 6 heteroatoms. The molecule has 1 aliphatic heterocycles. The third kappa shape index (κ3) is 3.81. The van der Waals surface area contributed by atoms with Crippen LogP contribution in [0.25, 0.3) is 0 Å². The van der Waals surface area contributed by atoms with Gasteiger partial charge in [-0.05, 0) is 25.8 Å². The summed E-state index contributed by atoms with van der Waals surface area (Å²) in [4.78, 5) is 16.3. The second-order valence-electron chi connectivity index (χ2n) is 4.57. The summed E-state index contributed by atoms with van der Waals surface area (Å²) in [5.74, 6) is 0.490. The predicted molar refractivity (Wildman–Crippen MR) is 76.3 cm³/mol. The molecule has 1 aromatic rings. The van der Waals surface area contributed by atoms with Crippen LogP contribution in [0.2, 0.25) is 5.02 Å². The highest BCUT2D eigenvalue weighted by molar-refractivity contribution is 6.33. The summed E-state index contributed by atoms with van der Waals surface area (Å²) in [6.07, 6.45) is 4.97. The second kappa shape index (κ2) is 6.73. The number of nitrogens with one attached hydrogen (secondary N) is 2. The molecule has 5 nitrogen and oxygen atoms in total. The smallest absolute Gasteiger partial charge is 0.267 e. The largest absolute Gasteiger partial charge is 0.370 e. The molecule has 0 spiro atoms. The molecule has 104 valence electrons. The van der Waals surface area contributed by atoms with E-state index in [1.54, 1.807) is 6.07 Å². The quantitative estimate of drug-likeness (QED) is 0.890. The standard InChI is InChI=1S/C13H19ClN4O/c1-2-15-12-8-10(11(14)9-16-12)13(19)17-18-6-4-3-5-7-18/h8-9H,2-7H2,1H3,(H,15,16)(H,17,19). The van der Waals surface area contributed by atoms with Gasteiger partial charge in [0.2, 0.25) is 0 Å². The van der Waals surface area contributed by atoms with Crippen molar-refractivity contribution in [3.63, 3.8) is 0 Å². The number of piperidine rings is 1. The topological polar surface area (TPSA) is 57.3 Å². The summed E-state index contributed by atoms with van der Waals surface area (Å²) in [6.45, 7) is 4.52. The van der Waals surface area contributed by atoms with Crippen LogP contribution < -0.4 is 10.7 Å². The lowest BCUT2D eigenvalue weighted by atomic mass is 10.2. The van der Waals surface area contributed by atoms with Gasteiger partial charge in [-0.1, -0.05) is 18.0 Å². The molecule has 0 bridgehead atoms. The monoisotopic (exact) mass is 282 g/mol. The minimum Gasteiger partial charge on any atom is -0.370 e. The molecule has 0 aromatic carbocycles. The van der Waals surface area contributed by atoms with E-state index >= 15 is 0 Å². The molecular weight excluding hydrogens is 264 g/mol. The van der Waals surface area contributed by atoms with Crippen LogP contribution in [0.5, 0.6) is 0 Å². The van der Waals surface area contributed by atoms with Crippen LogP contribution in [-0.4, -0.2) is 35.5 Å². The Morgan fingerprint density at radius 1 is 1.42 bits per heavy atom. The molecule has 2 N–H and O–H groups in total. The molecule has 1 fully saturated rings. The number of aromatic nitrogens is 1. The lowest BCUT2D eigenvalue weighted by Gasteiger charge is -2.26. The molecule has 0 unspecified atom stereocenters. The fourth-order valence-corrected chi connectivity index (χ4v) is 2.29. The number of carbonyl (C=O) groups is 1. The zero-order valence-electron chi connectivity index (χ0n) is 11.1. The Bertz CT molecular complexity index is 446. The summed E-state index contributed by atoms with van der Waals surface area (Å²) in [5, 5.41) is 5.40. The van der Waals surface area contributed by atoms with Gasteiger partial charge in [-0.2, -0.15) is 0 Å². The number of pyridine rings is 1. The fraction of sp³-hybridized carbons (Fsp3) is 0.538. The maximum atomic E-state index is 12.2. The molecule has 1 saturated heterocycles. The van der Waals surface area contributed by atoms with Gasteiger partial charge in [0.1, 0.15) is 5.82 Å². The van der Waals surface area contributed by atoms with Gasteiger partial charge in [0.15, 0.2) is 0 Å². The Kier molecular flexibility index (Phi) is 4.99. The molecule has 0 aliphatic carbocycles. The maximum absolute atomic E-state index is 12.2. The summed E-state index contributed by atoms with van der Waals surface area (Å²) in [6, 6.07) is 1.69. The molecule has 0 atom stereocenters. The predicted octanol–water partition coefficient (Wildman–Crippen LogP) is 2.30. The fourth-order valence-electron chi connectivity index (χ4n) is 2.10. The minimum atomic E-state index is -0.173. The van der Waals surface area contributed by atoms with E-state index in [0.717, 1.165) is 32.5 Å². The summed E-state index contributed by atoms with van der Waals surface area (Å²) in [7, 11) is 0. The highest BCUT2D eigenvalue weighted by Gasteiger charge is 2.16. The van der Waals surface area contributed by atoms with Crippen molar-refractivity contribution in [1.82, 2.24) is 15.4 Å². The van der Waals surface area contributed by atoms with Crippen molar-refractivity contribution in [2.75, 3.05) is 25.0 Å². The van der Waals surface area contributed by atoms with Gasteiger partial charge in [0.25, 0.3) is 5.91 Å². The van der Waals surface area contributed by atoms with Crippen LogP contribution in [0.15, 0.2) is 12.3 Å². The van der Waals surface area contributed by atoms with Crippen LogP contribution in [0, 0.1) is 0 Å². The number of hydrazine groups is 1. The zero-order chi connectivity index (χ0) is 13.7. The van der Waals surface area contributed by atoms with Crippen LogP contribution in [0.4, 0.5) is 5.82 Å². The molecule has 2 heterocycles. The lowest BCUT2D eigenvalue weighted by molar-refractivity contribution is 0.0750. The first-order chi connectivity index (χ1) is 9.20. The van der Waals surface area contributed by atoms with E-state index in [1.165, 1.54) is 12.6 Å². The molecule has 1 aromatic heterocycles. The number of amides is 1. The molecule has 0 saturated carbocycles. The number of halogens is 1. The SMILES string of the molecule is CCNc1cc(C(=O)NN2CCCCC2)c(Cl)cn1. The normalized spacial score (nSPS) is 16.1. The third-order valence-corrected chi connectivity index (χ3v) is 3.37. The number of rotatable bonds is 4. The highest BCUT2D eigenvalue weighted by Crippen LogP contribution is 2.18. The van der Waals surface area contributed by atoms with Gasteiger partial charge in [-0.3, -0.25) is 10.2 Å². The first-order valence-electron chi connectivity index (χ1n) is 6.66. The Labute approximate surface area is 118 Å². The van der Waals surface area contributed by atoms with Gasteiger partial charge in [0, 0.05) is 25.8 Å². The number of anilines is 1. The number of carbonyl (C=O) groups excluding carboxylic acids is 1. The summed E-state index contributed by atoms with van der Waals surface area (Å²) < 4.78 is 0. The number of nitrogens with zero attached hydrogens (tertiary/aromatic N) is 2. The number of hydrogen-bond acceptors (Lipinski definition) is 4. The van der Waals surface area contributed by atoms with Gasteiger partial charge in [-0.15, -0.1) is 0 Å². The average Bonchev–Trinajstić information content (AvgIpc) is 2.42. The molecule has 19 heavy (non-hydrogen) atoms. The molecular formula is C13H19ClN4O. The first kappa shape index (κ1) is 14.1.